The highest BCUT2D eigenvalue weighted by Crippen LogP contribution is 2.25. The van der Waals surface area contributed by atoms with Crippen LogP contribution in [-0.2, 0) is 0 Å². The monoisotopic (exact) mass is 282 g/mol. The second-order valence-electron chi connectivity index (χ2n) is 4.03. The van der Waals surface area contributed by atoms with E-state index in [1.165, 1.54) is 18.4 Å². The predicted molar refractivity (Wildman–Crippen MR) is 73.0 cm³/mol. The Morgan fingerprint density at radius 1 is 1.32 bits per heavy atom. The third-order valence-corrected chi connectivity index (χ3v) is 2.91. The van der Waals surface area contributed by atoms with Crippen LogP contribution in [0.5, 0.6) is 0 Å². The van der Waals surface area contributed by atoms with Gasteiger partial charge in [0, 0.05) is 5.56 Å². The van der Waals surface area contributed by atoms with Crippen molar-refractivity contribution in [3.05, 3.63) is 53.5 Å². The molecule has 2 aromatic rings. The number of halogens is 2. The molecule has 2 rings (SSSR count). The van der Waals surface area contributed by atoms with Gasteiger partial charge in [-0.05, 0) is 31.2 Å². The Hall–Kier alpha value is -1.95. The normalized spacial score (nSPS) is 12.2. The fourth-order valence-electron chi connectivity index (χ4n) is 1.69. The Balaban J connectivity index is 2.27. The number of nitrogens with one attached hydrogen (secondary N) is 1. The predicted octanol–water partition coefficient (Wildman–Crippen LogP) is 3.37. The van der Waals surface area contributed by atoms with Crippen LogP contribution < -0.4 is 11.1 Å². The number of furan rings is 1. The highest BCUT2D eigenvalue weighted by Gasteiger charge is 2.17. The number of hydrogen-bond acceptors (Lipinski definition) is 3. The Kier molecular flexibility index (Phi) is 3.80. The van der Waals surface area contributed by atoms with Gasteiger partial charge >= 0.3 is 0 Å². The van der Waals surface area contributed by atoms with Crippen molar-refractivity contribution in [1.82, 2.24) is 0 Å². The maximum Gasteiger partial charge on any atom is 0.182 e. The van der Waals surface area contributed by atoms with E-state index in [-0.39, 0.29) is 22.3 Å². The van der Waals surface area contributed by atoms with E-state index < -0.39 is 11.6 Å². The number of rotatable bonds is 4. The molecule has 3 N–H and O–H groups in total. The van der Waals surface area contributed by atoms with Crippen molar-refractivity contribution >= 4 is 22.9 Å². The topological polar surface area (TPSA) is 51.2 Å². The largest absolute Gasteiger partial charge is 0.467 e. The standard InChI is InChI=1S/C13H12F2N2OS/c1-7(10-3-2-6-18-10)17-9-5-4-8(13(16)19)11(14)12(9)15/h2-7,17H,1H3,(H2,16,19). The molecule has 0 saturated carbocycles. The minimum atomic E-state index is -1.05. The molecule has 0 aliphatic rings. The number of hydrogen-bond donors (Lipinski definition) is 2. The van der Waals surface area contributed by atoms with Gasteiger partial charge in [0.05, 0.1) is 18.0 Å². The molecule has 6 heteroatoms. The average Bonchev–Trinajstić information content (AvgIpc) is 2.88. The van der Waals surface area contributed by atoms with Crippen molar-refractivity contribution in [3.63, 3.8) is 0 Å². The van der Waals surface area contributed by atoms with Crippen molar-refractivity contribution in [3.8, 4) is 0 Å². The van der Waals surface area contributed by atoms with Crippen molar-refractivity contribution in [1.29, 1.82) is 0 Å². The number of anilines is 1. The van der Waals surface area contributed by atoms with Crippen LogP contribution in [0.3, 0.4) is 0 Å². The molecule has 0 radical (unpaired) electrons. The Bertz CT molecular complexity index is 599. The van der Waals surface area contributed by atoms with Gasteiger partial charge in [0.15, 0.2) is 11.6 Å². The lowest BCUT2D eigenvalue weighted by molar-refractivity contribution is 0.484. The minimum Gasteiger partial charge on any atom is -0.467 e. The second kappa shape index (κ2) is 5.36. The third kappa shape index (κ3) is 2.73. The maximum absolute atomic E-state index is 13.8. The maximum atomic E-state index is 13.8. The highest BCUT2D eigenvalue weighted by molar-refractivity contribution is 7.80. The molecule has 19 heavy (non-hydrogen) atoms. The summed E-state index contributed by atoms with van der Waals surface area (Å²) >= 11 is 4.64. The van der Waals surface area contributed by atoms with Gasteiger partial charge in [0.1, 0.15) is 10.7 Å². The van der Waals surface area contributed by atoms with Gasteiger partial charge in [0.25, 0.3) is 0 Å². The van der Waals surface area contributed by atoms with E-state index in [4.69, 9.17) is 10.2 Å². The Morgan fingerprint density at radius 3 is 2.63 bits per heavy atom. The average molecular weight is 282 g/mol. The molecule has 1 heterocycles. The van der Waals surface area contributed by atoms with E-state index in [1.807, 2.05) is 0 Å². The minimum absolute atomic E-state index is 0.0291. The molecule has 0 bridgehead atoms. The van der Waals surface area contributed by atoms with E-state index in [2.05, 4.69) is 17.5 Å². The Labute approximate surface area is 114 Å². The van der Waals surface area contributed by atoms with Crippen LogP contribution in [-0.4, -0.2) is 4.99 Å². The lowest BCUT2D eigenvalue weighted by atomic mass is 10.1. The summed E-state index contributed by atoms with van der Waals surface area (Å²) in [5.41, 5.74) is 5.22. The van der Waals surface area contributed by atoms with E-state index >= 15 is 0 Å². The molecule has 1 aromatic carbocycles. The summed E-state index contributed by atoms with van der Waals surface area (Å²) in [7, 11) is 0. The Morgan fingerprint density at radius 2 is 2.05 bits per heavy atom. The molecule has 0 fully saturated rings. The van der Waals surface area contributed by atoms with Gasteiger partial charge in [-0.3, -0.25) is 0 Å². The number of benzene rings is 1. The number of thiocarbonyl (C=S) groups is 1. The molecular formula is C13H12F2N2OS. The molecule has 0 aliphatic carbocycles. The molecule has 0 spiro atoms. The van der Waals surface area contributed by atoms with E-state index in [1.54, 1.807) is 19.1 Å². The molecule has 1 aromatic heterocycles. The first-order valence-electron chi connectivity index (χ1n) is 5.58. The lowest BCUT2D eigenvalue weighted by Crippen LogP contribution is -2.14. The van der Waals surface area contributed by atoms with E-state index in [9.17, 15) is 8.78 Å². The van der Waals surface area contributed by atoms with Crippen LogP contribution in [0, 0.1) is 11.6 Å². The van der Waals surface area contributed by atoms with Crippen LogP contribution in [0.4, 0.5) is 14.5 Å². The lowest BCUT2D eigenvalue weighted by Gasteiger charge is -2.14. The SMILES string of the molecule is CC(Nc1ccc(C(N)=S)c(F)c1F)c1ccco1. The van der Waals surface area contributed by atoms with Crippen molar-refractivity contribution in [2.75, 3.05) is 5.32 Å². The van der Waals surface area contributed by atoms with Crippen LogP contribution in [0.25, 0.3) is 0 Å². The first kappa shape index (κ1) is 13.5. The summed E-state index contributed by atoms with van der Waals surface area (Å²) < 4.78 is 32.7. The zero-order chi connectivity index (χ0) is 14.0. The molecule has 1 unspecified atom stereocenters. The molecule has 1 atom stereocenters. The number of nitrogens with two attached hydrogens (primary N) is 1. The van der Waals surface area contributed by atoms with Crippen molar-refractivity contribution in [2.24, 2.45) is 5.73 Å². The fraction of sp³-hybridized carbons (Fsp3) is 0.154. The van der Waals surface area contributed by atoms with Gasteiger partial charge in [0.2, 0.25) is 0 Å². The fourth-order valence-corrected chi connectivity index (χ4v) is 1.85. The smallest absolute Gasteiger partial charge is 0.182 e. The summed E-state index contributed by atoms with van der Waals surface area (Å²) in [4.78, 5) is -0.179. The van der Waals surface area contributed by atoms with Crippen LogP contribution in [0.15, 0.2) is 34.9 Å². The van der Waals surface area contributed by atoms with Crippen molar-refractivity contribution < 1.29 is 13.2 Å². The van der Waals surface area contributed by atoms with Crippen LogP contribution in [0.2, 0.25) is 0 Å². The molecule has 0 aliphatic heterocycles. The summed E-state index contributed by atoms with van der Waals surface area (Å²) in [6, 6.07) is 5.92. The van der Waals surface area contributed by atoms with Gasteiger partial charge in [-0.25, -0.2) is 8.78 Å². The zero-order valence-electron chi connectivity index (χ0n) is 10.1. The van der Waals surface area contributed by atoms with Gasteiger partial charge in [-0.2, -0.15) is 0 Å². The summed E-state index contributed by atoms with van der Waals surface area (Å²) in [6.07, 6.45) is 1.51. The summed E-state index contributed by atoms with van der Waals surface area (Å²) in [5.74, 6) is -1.44. The zero-order valence-corrected chi connectivity index (χ0v) is 10.9. The first-order chi connectivity index (χ1) is 9.00. The molecular weight excluding hydrogens is 270 g/mol. The summed E-state index contributed by atoms with van der Waals surface area (Å²) in [5, 5.41) is 2.83. The quantitative estimate of drug-likeness (QED) is 0.844. The second-order valence-corrected chi connectivity index (χ2v) is 4.47. The van der Waals surface area contributed by atoms with E-state index in [0.717, 1.165) is 0 Å². The molecule has 3 nitrogen and oxygen atoms in total. The highest BCUT2D eigenvalue weighted by atomic mass is 32.1. The summed E-state index contributed by atoms with van der Waals surface area (Å²) in [6.45, 7) is 1.78. The third-order valence-electron chi connectivity index (χ3n) is 2.69. The molecule has 0 amide bonds. The van der Waals surface area contributed by atoms with Gasteiger partial charge in [-0.15, -0.1) is 0 Å². The van der Waals surface area contributed by atoms with Gasteiger partial charge in [-0.1, -0.05) is 12.2 Å². The van der Waals surface area contributed by atoms with Gasteiger partial charge < -0.3 is 15.5 Å². The van der Waals surface area contributed by atoms with Crippen molar-refractivity contribution in [2.45, 2.75) is 13.0 Å². The molecule has 0 saturated heterocycles. The van der Waals surface area contributed by atoms with E-state index in [0.29, 0.717) is 5.76 Å². The molecule has 100 valence electrons. The van der Waals surface area contributed by atoms with Crippen LogP contribution >= 0.6 is 12.2 Å². The first-order valence-corrected chi connectivity index (χ1v) is 5.99. The van der Waals surface area contributed by atoms with Crippen LogP contribution in [0.1, 0.15) is 24.3 Å².